The zero-order chi connectivity index (χ0) is 13.8. The molecule has 3 aromatic rings. The first-order valence-electron chi connectivity index (χ1n) is 6.25. The first kappa shape index (κ1) is 12.3. The molecule has 0 saturated heterocycles. The van der Waals surface area contributed by atoms with Crippen LogP contribution in [0.5, 0.6) is 0 Å². The molecule has 3 rings (SSSR count). The van der Waals surface area contributed by atoms with Crippen LogP contribution in [0.15, 0.2) is 47.2 Å². The minimum absolute atomic E-state index is 0.415. The van der Waals surface area contributed by atoms with E-state index in [1.54, 1.807) is 18.5 Å². The Morgan fingerprint density at radius 2 is 1.70 bits per heavy atom. The summed E-state index contributed by atoms with van der Waals surface area (Å²) >= 11 is 0. The molecule has 0 aliphatic rings. The van der Waals surface area contributed by atoms with E-state index in [0.717, 1.165) is 12.1 Å². The van der Waals surface area contributed by atoms with Gasteiger partial charge in [-0.15, -0.1) is 0 Å². The normalized spacial score (nSPS) is 10.6. The van der Waals surface area contributed by atoms with Gasteiger partial charge >= 0.3 is 0 Å². The first-order chi connectivity index (χ1) is 9.81. The van der Waals surface area contributed by atoms with Gasteiger partial charge in [-0.25, -0.2) is 9.97 Å². The second-order valence-corrected chi connectivity index (χ2v) is 4.33. The van der Waals surface area contributed by atoms with Gasteiger partial charge in [0.2, 0.25) is 17.5 Å². The molecule has 6 nitrogen and oxygen atoms in total. The summed E-state index contributed by atoms with van der Waals surface area (Å²) < 4.78 is 5.20. The van der Waals surface area contributed by atoms with Crippen LogP contribution in [0.25, 0.3) is 11.6 Å². The molecule has 0 amide bonds. The van der Waals surface area contributed by atoms with E-state index in [2.05, 4.69) is 20.1 Å². The van der Waals surface area contributed by atoms with E-state index in [4.69, 9.17) is 10.3 Å². The summed E-state index contributed by atoms with van der Waals surface area (Å²) in [6.07, 6.45) is 4.78. The highest BCUT2D eigenvalue weighted by atomic mass is 16.5. The Kier molecular flexibility index (Phi) is 3.36. The molecule has 0 saturated carbocycles. The van der Waals surface area contributed by atoms with Crippen molar-refractivity contribution in [1.82, 2.24) is 20.1 Å². The topological polar surface area (TPSA) is 90.7 Å². The van der Waals surface area contributed by atoms with Gasteiger partial charge in [0, 0.05) is 24.5 Å². The minimum Gasteiger partial charge on any atom is -0.399 e. The monoisotopic (exact) mass is 267 g/mol. The maximum absolute atomic E-state index is 5.65. The van der Waals surface area contributed by atoms with E-state index in [9.17, 15) is 0 Å². The molecule has 0 radical (unpaired) electrons. The maximum Gasteiger partial charge on any atom is 0.240 e. The van der Waals surface area contributed by atoms with Gasteiger partial charge in [-0.3, -0.25) is 0 Å². The number of aromatic nitrogens is 4. The van der Waals surface area contributed by atoms with Gasteiger partial charge in [0.1, 0.15) is 0 Å². The fourth-order valence-corrected chi connectivity index (χ4v) is 1.80. The molecule has 100 valence electrons. The van der Waals surface area contributed by atoms with Gasteiger partial charge in [-0.2, -0.15) is 4.98 Å². The van der Waals surface area contributed by atoms with Crippen LogP contribution in [0.3, 0.4) is 0 Å². The average Bonchev–Trinajstić information content (AvgIpc) is 2.97. The molecule has 0 atom stereocenters. The number of aryl methyl sites for hydroxylation is 2. The number of rotatable bonds is 4. The predicted molar refractivity (Wildman–Crippen MR) is 73.6 cm³/mol. The first-order valence-corrected chi connectivity index (χ1v) is 6.25. The Labute approximate surface area is 115 Å². The zero-order valence-corrected chi connectivity index (χ0v) is 10.7. The maximum atomic E-state index is 5.65. The van der Waals surface area contributed by atoms with Crippen LogP contribution in [0, 0.1) is 0 Å². The average molecular weight is 267 g/mol. The second kappa shape index (κ2) is 5.48. The van der Waals surface area contributed by atoms with Crippen LogP contribution in [-0.2, 0) is 12.8 Å². The summed E-state index contributed by atoms with van der Waals surface area (Å²) in [6, 6.07) is 9.49. The lowest BCUT2D eigenvalue weighted by atomic mass is 10.1. The van der Waals surface area contributed by atoms with E-state index in [1.165, 1.54) is 5.56 Å². The van der Waals surface area contributed by atoms with Crippen molar-refractivity contribution < 1.29 is 4.52 Å². The Morgan fingerprint density at radius 3 is 2.45 bits per heavy atom. The number of nitrogens with zero attached hydrogens (tertiary/aromatic N) is 4. The van der Waals surface area contributed by atoms with Crippen molar-refractivity contribution >= 4 is 5.69 Å². The molecule has 0 fully saturated rings. The molecule has 0 aliphatic heterocycles. The van der Waals surface area contributed by atoms with Gasteiger partial charge in [-0.1, -0.05) is 17.3 Å². The Morgan fingerprint density at radius 1 is 0.950 bits per heavy atom. The Balaban J connectivity index is 1.67. The SMILES string of the molecule is Nc1ccc(CCc2nc(-c3ncccn3)no2)cc1. The molecular weight excluding hydrogens is 254 g/mol. The molecule has 1 aromatic carbocycles. The summed E-state index contributed by atoms with van der Waals surface area (Å²) in [7, 11) is 0. The van der Waals surface area contributed by atoms with Crippen LogP contribution in [-0.4, -0.2) is 20.1 Å². The van der Waals surface area contributed by atoms with E-state index in [1.807, 2.05) is 24.3 Å². The third kappa shape index (κ3) is 2.80. The van der Waals surface area contributed by atoms with Crippen molar-refractivity contribution in [3.05, 3.63) is 54.2 Å². The number of anilines is 1. The molecule has 6 heteroatoms. The Hall–Kier alpha value is -2.76. The largest absolute Gasteiger partial charge is 0.399 e. The van der Waals surface area contributed by atoms with Crippen molar-refractivity contribution in [1.29, 1.82) is 0 Å². The van der Waals surface area contributed by atoms with Crippen LogP contribution in [0.1, 0.15) is 11.5 Å². The molecule has 2 aromatic heterocycles. The molecule has 0 spiro atoms. The van der Waals surface area contributed by atoms with E-state index in [0.29, 0.717) is 24.0 Å². The van der Waals surface area contributed by atoms with Crippen molar-refractivity contribution in [2.24, 2.45) is 0 Å². The van der Waals surface area contributed by atoms with Crippen molar-refractivity contribution in [3.8, 4) is 11.6 Å². The standard InChI is InChI=1S/C14H13N5O/c15-11-5-2-10(3-6-11)4-7-12-18-14(19-20-12)13-16-8-1-9-17-13/h1-3,5-6,8-9H,4,7,15H2. The van der Waals surface area contributed by atoms with Gasteiger partial charge < -0.3 is 10.3 Å². The number of nitrogen functional groups attached to an aromatic ring is 1. The molecular formula is C14H13N5O. The van der Waals surface area contributed by atoms with Crippen LogP contribution in [0.4, 0.5) is 5.69 Å². The van der Waals surface area contributed by atoms with Crippen LogP contribution < -0.4 is 5.73 Å². The van der Waals surface area contributed by atoms with Gasteiger partial charge in [0.25, 0.3) is 0 Å². The summed E-state index contributed by atoms with van der Waals surface area (Å²) in [4.78, 5) is 12.4. The van der Waals surface area contributed by atoms with Crippen LogP contribution in [0.2, 0.25) is 0 Å². The van der Waals surface area contributed by atoms with Crippen LogP contribution >= 0.6 is 0 Å². The number of benzene rings is 1. The van der Waals surface area contributed by atoms with Gasteiger partial charge in [0.05, 0.1) is 0 Å². The third-order valence-electron chi connectivity index (χ3n) is 2.84. The molecule has 20 heavy (non-hydrogen) atoms. The molecule has 0 aliphatic carbocycles. The fourth-order valence-electron chi connectivity index (χ4n) is 1.80. The summed E-state index contributed by atoms with van der Waals surface area (Å²) in [5.74, 6) is 1.46. The highest BCUT2D eigenvalue weighted by molar-refractivity contribution is 5.41. The van der Waals surface area contributed by atoms with Crippen molar-refractivity contribution in [2.45, 2.75) is 12.8 Å². The lowest BCUT2D eigenvalue weighted by Crippen LogP contribution is -1.93. The van der Waals surface area contributed by atoms with Crippen molar-refractivity contribution in [3.63, 3.8) is 0 Å². The van der Waals surface area contributed by atoms with E-state index in [-0.39, 0.29) is 0 Å². The zero-order valence-electron chi connectivity index (χ0n) is 10.7. The smallest absolute Gasteiger partial charge is 0.240 e. The lowest BCUT2D eigenvalue weighted by Gasteiger charge is -1.98. The molecule has 0 unspecified atom stereocenters. The van der Waals surface area contributed by atoms with Crippen molar-refractivity contribution in [2.75, 3.05) is 5.73 Å². The molecule has 0 bridgehead atoms. The predicted octanol–water partition coefficient (Wildman–Crippen LogP) is 1.89. The molecule has 2 N–H and O–H groups in total. The summed E-state index contributed by atoms with van der Waals surface area (Å²) in [5, 5.41) is 3.88. The van der Waals surface area contributed by atoms with Gasteiger partial charge in [-0.05, 0) is 30.2 Å². The minimum atomic E-state index is 0.415. The second-order valence-electron chi connectivity index (χ2n) is 4.33. The highest BCUT2D eigenvalue weighted by Crippen LogP contribution is 2.12. The summed E-state index contributed by atoms with van der Waals surface area (Å²) in [5.41, 5.74) is 7.58. The van der Waals surface area contributed by atoms with E-state index >= 15 is 0 Å². The number of hydrogen-bond acceptors (Lipinski definition) is 6. The fraction of sp³-hybridized carbons (Fsp3) is 0.143. The summed E-state index contributed by atoms with van der Waals surface area (Å²) in [6.45, 7) is 0. The quantitative estimate of drug-likeness (QED) is 0.726. The third-order valence-corrected chi connectivity index (χ3v) is 2.84. The number of nitrogens with two attached hydrogens (primary N) is 1. The highest BCUT2D eigenvalue weighted by Gasteiger charge is 2.10. The molecule has 2 heterocycles. The number of hydrogen-bond donors (Lipinski definition) is 1. The Bertz CT molecular complexity index is 678. The van der Waals surface area contributed by atoms with Gasteiger partial charge in [0.15, 0.2) is 0 Å². The van der Waals surface area contributed by atoms with E-state index < -0.39 is 0 Å². The lowest BCUT2D eigenvalue weighted by molar-refractivity contribution is 0.378.